The third kappa shape index (κ3) is 1.03. The van der Waals surface area contributed by atoms with Crippen molar-refractivity contribution in [3.8, 4) is 0 Å². The van der Waals surface area contributed by atoms with Crippen LogP contribution in [0.1, 0.15) is 5.56 Å². The lowest BCUT2D eigenvalue weighted by molar-refractivity contribution is 1.06. The van der Waals surface area contributed by atoms with Crippen molar-refractivity contribution in [2.24, 2.45) is 5.73 Å². The molecule has 0 unspecified atom stereocenters. The molecule has 3 N–H and O–H groups in total. The number of hydrogen-bond donors (Lipinski definition) is 2. The zero-order valence-electron chi connectivity index (χ0n) is 4.32. The highest BCUT2D eigenvalue weighted by Gasteiger charge is 1.93. The molecular formula is C5H7IN2. The van der Waals surface area contributed by atoms with Crippen LogP contribution in [0.2, 0.25) is 0 Å². The fraction of sp³-hybridized carbons (Fsp3) is 0.200. The van der Waals surface area contributed by atoms with E-state index in [2.05, 4.69) is 27.6 Å². The molecule has 0 spiro atoms. The first-order chi connectivity index (χ1) is 3.84. The number of halogens is 1. The van der Waals surface area contributed by atoms with Crippen LogP contribution in [0.25, 0.3) is 0 Å². The molecule has 3 heteroatoms. The molecule has 0 radical (unpaired) electrons. The van der Waals surface area contributed by atoms with Crippen molar-refractivity contribution in [1.29, 1.82) is 0 Å². The zero-order chi connectivity index (χ0) is 5.98. The third-order valence-electron chi connectivity index (χ3n) is 0.996. The fourth-order valence-corrected chi connectivity index (χ4v) is 1.12. The van der Waals surface area contributed by atoms with Gasteiger partial charge in [-0.25, -0.2) is 0 Å². The molecule has 0 bridgehead atoms. The summed E-state index contributed by atoms with van der Waals surface area (Å²) in [5.74, 6) is 0. The Morgan fingerprint density at radius 2 is 2.50 bits per heavy atom. The van der Waals surface area contributed by atoms with Crippen LogP contribution in [-0.4, -0.2) is 4.98 Å². The Morgan fingerprint density at radius 3 is 2.75 bits per heavy atom. The molecule has 0 aromatic carbocycles. The van der Waals surface area contributed by atoms with Crippen molar-refractivity contribution in [2.75, 3.05) is 0 Å². The van der Waals surface area contributed by atoms with E-state index >= 15 is 0 Å². The Labute approximate surface area is 61.6 Å². The number of nitrogens with two attached hydrogens (primary N) is 1. The predicted octanol–water partition coefficient (Wildman–Crippen LogP) is 1.08. The minimum atomic E-state index is 0.627. The van der Waals surface area contributed by atoms with Crippen LogP contribution < -0.4 is 5.73 Å². The maximum absolute atomic E-state index is 5.37. The Balaban J connectivity index is 2.92. The van der Waals surface area contributed by atoms with Gasteiger partial charge in [-0.1, -0.05) is 0 Å². The summed E-state index contributed by atoms with van der Waals surface area (Å²) < 4.78 is 1.14. The molecule has 1 rings (SSSR count). The third-order valence-corrected chi connectivity index (χ3v) is 2.00. The molecule has 0 saturated carbocycles. The Hall–Kier alpha value is -0.0300. The first kappa shape index (κ1) is 6.10. The van der Waals surface area contributed by atoms with E-state index in [1.165, 1.54) is 5.56 Å². The second-order valence-electron chi connectivity index (χ2n) is 1.52. The maximum Gasteiger partial charge on any atom is 0.0817 e. The smallest absolute Gasteiger partial charge is 0.0817 e. The summed E-state index contributed by atoms with van der Waals surface area (Å²) in [6.07, 6.45) is 1.89. The molecule has 0 fully saturated rings. The van der Waals surface area contributed by atoms with Crippen molar-refractivity contribution in [2.45, 2.75) is 6.54 Å². The van der Waals surface area contributed by atoms with Crippen molar-refractivity contribution in [3.05, 3.63) is 21.5 Å². The van der Waals surface area contributed by atoms with Gasteiger partial charge in [0.1, 0.15) is 0 Å². The van der Waals surface area contributed by atoms with Crippen LogP contribution in [0.5, 0.6) is 0 Å². The normalized spacial score (nSPS) is 9.75. The van der Waals surface area contributed by atoms with Crippen LogP contribution in [0.3, 0.4) is 0 Å². The zero-order valence-corrected chi connectivity index (χ0v) is 6.47. The second-order valence-corrected chi connectivity index (χ2v) is 2.60. The molecular weight excluding hydrogens is 215 g/mol. The summed E-state index contributed by atoms with van der Waals surface area (Å²) in [5, 5.41) is 0. The van der Waals surface area contributed by atoms with Crippen LogP contribution in [-0.2, 0) is 6.54 Å². The Bertz CT molecular complexity index is 171. The summed E-state index contributed by atoms with van der Waals surface area (Å²) in [6.45, 7) is 0.627. The number of H-pyrrole nitrogens is 1. The molecule has 1 aromatic heterocycles. The fourth-order valence-electron chi connectivity index (χ4n) is 0.539. The average Bonchev–Trinajstić information content (AvgIpc) is 2.14. The van der Waals surface area contributed by atoms with Gasteiger partial charge in [-0.05, 0) is 34.2 Å². The van der Waals surface area contributed by atoms with Crippen molar-refractivity contribution in [1.82, 2.24) is 4.98 Å². The van der Waals surface area contributed by atoms with Crippen molar-refractivity contribution in [3.63, 3.8) is 0 Å². The minimum Gasteiger partial charge on any atom is -0.356 e. The molecule has 1 aromatic rings. The lowest BCUT2D eigenvalue weighted by Gasteiger charge is -1.87. The quantitative estimate of drug-likeness (QED) is 0.686. The highest BCUT2D eigenvalue weighted by molar-refractivity contribution is 14.1. The molecule has 0 atom stereocenters. The van der Waals surface area contributed by atoms with Gasteiger partial charge in [0.05, 0.1) is 3.70 Å². The van der Waals surface area contributed by atoms with Gasteiger partial charge in [-0.3, -0.25) is 0 Å². The topological polar surface area (TPSA) is 41.8 Å². The number of rotatable bonds is 1. The number of hydrogen-bond acceptors (Lipinski definition) is 1. The number of aromatic amines is 1. The van der Waals surface area contributed by atoms with Gasteiger partial charge in [0.25, 0.3) is 0 Å². The van der Waals surface area contributed by atoms with E-state index in [1.54, 1.807) is 0 Å². The average molecular weight is 222 g/mol. The lowest BCUT2D eigenvalue weighted by Crippen LogP contribution is -1.95. The van der Waals surface area contributed by atoms with E-state index in [1.807, 2.05) is 12.3 Å². The summed E-state index contributed by atoms with van der Waals surface area (Å²) in [6, 6.07) is 1.99. The van der Waals surface area contributed by atoms with Gasteiger partial charge >= 0.3 is 0 Å². The van der Waals surface area contributed by atoms with E-state index in [0.29, 0.717) is 6.54 Å². The first-order valence-corrected chi connectivity index (χ1v) is 3.44. The van der Waals surface area contributed by atoms with Gasteiger partial charge < -0.3 is 10.7 Å². The van der Waals surface area contributed by atoms with Gasteiger partial charge in [0, 0.05) is 12.7 Å². The van der Waals surface area contributed by atoms with E-state index in [0.717, 1.165) is 3.70 Å². The molecule has 44 valence electrons. The van der Waals surface area contributed by atoms with Crippen LogP contribution >= 0.6 is 22.6 Å². The molecule has 0 aliphatic rings. The monoisotopic (exact) mass is 222 g/mol. The minimum absolute atomic E-state index is 0.627. The van der Waals surface area contributed by atoms with E-state index in [9.17, 15) is 0 Å². The maximum atomic E-state index is 5.37. The molecule has 8 heavy (non-hydrogen) atoms. The predicted molar refractivity (Wildman–Crippen MR) is 41.4 cm³/mol. The Kier molecular flexibility index (Phi) is 1.90. The van der Waals surface area contributed by atoms with Gasteiger partial charge in [-0.2, -0.15) is 0 Å². The molecule has 0 saturated heterocycles. The van der Waals surface area contributed by atoms with Crippen molar-refractivity contribution < 1.29 is 0 Å². The van der Waals surface area contributed by atoms with Crippen LogP contribution in [0, 0.1) is 3.70 Å². The largest absolute Gasteiger partial charge is 0.356 e. The standard InChI is InChI=1S/C5H7IN2/c6-5-4(3-7)1-2-8-5/h1-2,8H,3,7H2. The van der Waals surface area contributed by atoms with E-state index in [4.69, 9.17) is 5.73 Å². The van der Waals surface area contributed by atoms with E-state index in [-0.39, 0.29) is 0 Å². The number of aromatic nitrogens is 1. The Morgan fingerprint density at radius 1 is 1.75 bits per heavy atom. The van der Waals surface area contributed by atoms with Gasteiger partial charge in [-0.15, -0.1) is 0 Å². The summed E-state index contributed by atoms with van der Waals surface area (Å²) in [7, 11) is 0. The highest BCUT2D eigenvalue weighted by Crippen LogP contribution is 2.06. The van der Waals surface area contributed by atoms with E-state index < -0.39 is 0 Å². The highest BCUT2D eigenvalue weighted by atomic mass is 127. The van der Waals surface area contributed by atoms with Crippen LogP contribution in [0.4, 0.5) is 0 Å². The summed E-state index contributed by atoms with van der Waals surface area (Å²) >= 11 is 2.22. The van der Waals surface area contributed by atoms with Gasteiger partial charge in [0.2, 0.25) is 0 Å². The summed E-state index contributed by atoms with van der Waals surface area (Å²) in [5.41, 5.74) is 6.56. The van der Waals surface area contributed by atoms with Gasteiger partial charge in [0.15, 0.2) is 0 Å². The van der Waals surface area contributed by atoms with Crippen molar-refractivity contribution >= 4 is 22.6 Å². The number of nitrogens with one attached hydrogen (secondary N) is 1. The SMILES string of the molecule is NCc1cc[nH]c1I. The second kappa shape index (κ2) is 2.50. The molecule has 1 heterocycles. The van der Waals surface area contributed by atoms with Crippen LogP contribution in [0.15, 0.2) is 12.3 Å². The lowest BCUT2D eigenvalue weighted by atomic mass is 10.4. The molecule has 2 nitrogen and oxygen atoms in total. The summed E-state index contributed by atoms with van der Waals surface area (Å²) in [4.78, 5) is 3.03. The molecule has 0 aliphatic carbocycles. The first-order valence-electron chi connectivity index (χ1n) is 2.36. The molecule has 0 amide bonds. The molecule has 0 aliphatic heterocycles.